The molecular formula is C41H51N5O9S. The van der Waals surface area contributed by atoms with Crippen LogP contribution in [0.2, 0.25) is 0 Å². The standard InChI is InChI=1S/C41H51N5O9S/c1-8-26-22-41(26,38(49)45-56(51,52)29-15-12-16-29)44-36(47)33-20-28(23-46(33)37(48)35(24(2)3)43-39(50)55-40(4,5)6)54-34-21-31(25-13-10-9-11-14-25)42-32-19-27(53-7)17-18-30(32)34/h8-11,13-14,17-19,21,24,26,28-29,33,35H,1,12,15-16,20,22-23H2,2-7H3,(H,43,50)(H,44,47)(H,45,49). The number of carbonyl (C=O) groups excluding carboxylic acids is 4. The fraction of sp³-hybridized carbons (Fsp3) is 0.488. The van der Waals surface area contributed by atoms with Gasteiger partial charge in [-0.1, -0.05) is 56.7 Å². The molecule has 0 spiro atoms. The second-order valence-electron chi connectivity index (χ2n) is 16.1. The lowest BCUT2D eigenvalue weighted by atomic mass is 10.0. The van der Waals surface area contributed by atoms with Gasteiger partial charge in [0, 0.05) is 35.4 Å². The summed E-state index contributed by atoms with van der Waals surface area (Å²) >= 11 is 0. The Balaban J connectivity index is 1.32. The van der Waals surface area contributed by atoms with Gasteiger partial charge in [0.2, 0.25) is 21.8 Å². The highest BCUT2D eigenvalue weighted by Crippen LogP contribution is 2.45. The van der Waals surface area contributed by atoms with Crippen LogP contribution in [0, 0.1) is 11.8 Å². The summed E-state index contributed by atoms with van der Waals surface area (Å²) in [5.74, 6) is -1.93. The molecule has 6 rings (SSSR count). The molecule has 14 nitrogen and oxygen atoms in total. The number of nitrogens with zero attached hydrogens (tertiary/aromatic N) is 2. The van der Waals surface area contributed by atoms with Gasteiger partial charge in [-0.15, -0.1) is 6.58 Å². The van der Waals surface area contributed by atoms with Gasteiger partial charge in [0.1, 0.15) is 40.8 Å². The van der Waals surface area contributed by atoms with Gasteiger partial charge in [-0.05, 0) is 58.1 Å². The predicted molar refractivity (Wildman–Crippen MR) is 210 cm³/mol. The van der Waals surface area contributed by atoms with Crippen molar-refractivity contribution in [3.05, 3.63) is 67.3 Å². The first kappa shape index (κ1) is 40.5. The number of sulfonamides is 1. The van der Waals surface area contributed by atoms with E-state index in [1.54, 1.807) is 53.9 Å². The fourth-order valence-electron chi connectivity index (χ4n) is 7.16. The molecule has 4 amide bonds. The van der Waals surface area contributed by atoms with E-state index in [4.69, 9.17) is 19.2 Å². The summed E-state index contributed by atoms with van der Waals surface area (Å²) in [6, 6.07) is 14.6. The quantitative estimate of drug-likeness (QED) is 0.202. The molecule has 2 heterocycles. The van der Waals surface area contributed by atoms with Gasteiger partial charge in [-0.2, -0.15) is 0 Å². The Morgan fingerprint density at radius 3 is 2.36 bits per heavy atom. The van der Waals surface area contributed by atoms with Gasteiger partial charge in [0.25, 0.3) is 5.91 Å². The molecule has 300 valence electrons. The monoisotopic (exact) mass is 789 g/mol. The van der Waals surface area contributed by atoms with Crippen molar-refractivity contribution in [3.8, 4) is 22.8 Å². The Labute approximate surface area is 327 Å². The van der Waals surface area contributed by atoms with E-state index in [0.717, 1.165) is 12.0 Å². The van der Waals surface area contributed by atoms with Crippen LogP contribution in [0.3, 0.4) is 0 Å². The number of nitrogens with one attached hydrogen (secondary N) is 3. The molecule has 2 saturated carbocycles. The van der Waals surface area contributed by atoms with Gasteiger partial charge in [-0.3, -0.25) is 19.1 Å². The molecule has 2 aliphatic carbocycles. The zero-order valence-corrected chi connectivity index (χ0v) is 33.5. The van der Waals surface area contributed by atoms with Crippen molar-refractivity contribution in [1.29, 1.82) is 0 Å². The number of hydrogen-bond donors (Lipinski definition) is 3. The molecule has 0 bridgehead atoms. The maximum Gasteiger partial charge on any atom is 0.408 e. The van der Waals surface area contributed by atoms with E-state index in [2.05, 4.69) is 21.9 Å². The number of ether oxygens (including phenoxy) is 3. The van der Waals surface area contributed by atoms with E-state index < -0.39 is 80.3 Å². The van der Waals surface area contributed by atoms with Crippen LogP contribution in [0.1, 0.15) is 66.7 Å². The van der Waals surface area contributed by atoms with E-state index in [1.165, 1.54) is 11.0 Å². The van der Waals surface area contributed by atoms with Gasteiger partial charge >= 0.3 is 6.09 Å². The van der Waals surface area contributed by atoms with Crippen molar-refractivity contribution >= 4 is 44.7 Å². The molecule has 5 atom stereocenters. The van der Waals surface area contributed by atoms with E-state index in [-0.39, 0.29) is 19.4 Å². The highest BCUT2D eigenvalue weighted by Gasteiger charge is 2.62. The molecule has 3 aromatic rings. The summed E-state index contributed by atoms with van der Waals surface area (Å²) in [5, 5.41) is 5.52. The first-order valence-electron chi connectivity index (χ1n) is 19.0. The number of likely N-dealkylation sites (tertiary alicyclic amines) is 1. The lowest BCUT2D eigenvalue weighted by Crippen LogP contribution is -2.59. The Bertz CT molecular complexity index is 2120. The van der Waals surface area contributed by atoms with Crippen LogP contribution in [-0.2, 0) is 29.1 Å². The minimum Gasteiger partial charge on any atom is -0.497 e. The van der Waals surface area contributed by atoms with Crippen molar-refractivity contribution in [1.82, 2.24) is 25.2 Å². The molecule has 1 saturated heterocycles. The van der Waals surface area contributed by atoms with Crippen LogP contribution in [0.4, 0.5) is 4.79 Å². The van der Waals surface area contributed by atoms with Crippen molar-refractivity contribution < 1.29 is 41.8 Å². The largest absolute Gasteiger partial charge is 0.497 e. The average Bonchev–Trinajstić information content (AvgIpc) is 3.67. The van der Waals surface area contributed by atoms with Crippen molar-refractivity contribution in [2.45, 2.75) is 101 Å². The molecule has 56 heavy (non-hydrogen) atoms. The number of fused-ring (bicyclic) bond motifs is 1. The van der Waals surface area contributed by atoms with Gasteiger partial charge in [0.05, 0.1) is 30.1 Å². The molecule has 3 fully saturated rings. The smallest absolute Gasteiger partial charge is 0.408 e. The second-order valence-corrected chi connectivity index (χ2v) is 18.1. The Morgan fingerprint density at radius 1 is 1.05 bits per heavy atom. The average molecular weight is 790 g/mol. The number of pyridine rings is 1. The number of rotatable bonds is 13. The first-order valence-corrected chi connectivity index (χ1v) is 20.5. The minimum atomic E-state index is -3.95. The molecule has 0 radical (unpaired) electrons. The van der Waals surface area contributed by atoms with E-state index in [9.17, 15) is 27.6 Å². The van der Waals surface area contributed by atoms with Crippen LogP contribution in [0.5, 0.6) is 11.5 Å². The molecule has 1 aromatic heterocycles. The van der Waals surface area contributed by atoms with Crippen molar-refractivity contribution in [2.75, 3.05) is 13.7 Å². The lowest BCUT2D eigenvalue weighted by molar-refractivity contribution is -0.141. The highest BCUT2D eigenvalue weighted by molar-refractivity contribution is 7.90. The number of amides is 4. The normalized spacial score (nSPS) is 22.8. The number of carbonyl (C=O) groups is 4. The maximum absolute atomic E-state index is 14.5. The summed E-state index contributed by atoms with van der Waals surface area (Å²) in [7, 11) is -2.38. The van der Waals surface area contributed by atoms with Gasteiger partial charge in [0.15, 0.2) is 0 Å². The van der Waals surface area contributed by atoms with E-state index in [0.29, 0.717) is 40.9 Å². The van der Waals surface area contributed by atoms with Crippen LogP contribution >= 0.6 is 0 Å². The zero-order chi connectivity index (χ0) is 40.6. The Morgan fingerprint density at radius 2 is 1.77 bits per heavy atom. The second kappa shape index (κ2) is 15.8. The van der Waals surface area contributed by atoms with Crippen LogP contribution < -0.4 is 24.8 Å². The Hall–Kier alpha value is -5.18. The number of hydrogen-bond acceptors (Lipinski definition) is 10. The summed E-state index contributed by atoms with van der Waals surface area (Å²) in [4.78, 5) is 61.7. The van der Waals surface area contributed by atoms with Crippen LogP contribution in [-0.4, -0.2) is 90.3 Å². The summed E-state index contributed by atoms with van der Waals surface area (Å²) < 4.78 is 45.7. The lowest BCUT2D eigenvalue weighted by Gasteiger charge is -2.32. The number of alkyl carbamates (subject to hydrolysis) is 1. The van der Waals surface area contributed by atoms with Crippen LogP contribution in [0.15, 0.2) is 67.3 Å². The number of methoxy groups -OCH3 is 1. The number of aromatic nitrogens is 1. The van der Waals surface area contributed by atoms with Crippen LogP contribution in [0.25, 0.3) is 22.2 Å². The predicted octanol–water partition coefficient (Wildman–Crippen LogP) is 4.87. The summed E-state index contributed by atoms with van der Waals surface area (Å²) in [5.41, 5.74) is -0.305. The third kappa shape index (κ3) is 8.62. The van der Waals surface area contributed by atoms with Gasteiger partial charge in [-0.25, -0.2) is 18.2 Å². The molecule has 5 unspecified atom stereocenters. The topological polar surface area (TPSA) is 182 Å². The fourth-order valence-corrected chi connectivity index (χ4v) is 8.72. The molecular weight excluding hydrogens is 739 g/mol. The molecule has 2 aromatic carbocycles. The number of benzene rings is 2. The van der Waals surface area contributed by atoms with E-state index in [1.807, 2.05) is 42.5 Å². The first-order chi connectivity index (χ1) is 26.4. The van der Waals surface area contributed by atoms with Gasteiger partial charge < -0.3 is 29.7 Å². The molecule has 1 aliphatic heterocycles. The molecule has 3 N–H and O–H groups in total. The molecule has 3 aliphatic rings. The zero-order valence-electron chi connectivity index (χ0n) is 32.7. The third-order valence-corrected chi connectivity index (χ3v) is 12.4. The Kier molecular flexibility index (Phi) is 11.4. The highest BCUT2D eigenvalue weighted by atomic mass is 32.2. The summed E-state index contributed by atoms with van der Waals surface area (Å²) in [6.07, 6.45) is 1.81. The van der Waals surface area contributed by atoms with Crippen molar-refractivity contribution in [2.24, 2.45) is 11.8 Å². The minimum absolute atomic E-state index is 0.0201. The van der Waals surface area contributed by atoms with Crippen molar-refractivity contribution in [3.63, 3.8) is 0 Å². The maximum atomic E-state index is 14.5. The summed E-state index contributed by atoms with van der Waals surface area (Å²) in [6.45, 7) is 12.4. The molecule has 15 heteroatoms. The third-order valence-electron chi connectivity index (χ3n) is 10.6. The van der Waals surface area contributed by atoms with E-state index >= 15 is 0 Å². The SMILES string of the molecule is C=CC1CC1(NC(=O)C1CC(Oc2cc(-c3ccccc3)nc3cc(OC)ccc23)CN1C(=O)C(NC(=O)OC(C)(C)C)C(C)C)C(=O)NS(=O)(=O)C1CCC1.